The summed E-state index contributed by atoms with van der Waals surface area (Å²) >= 11 is 0. The van der Waals surface area contributed by atoms with E-state index in [1.807, 2.05) is 0 Å². The number of aromatic nitrogens is 4. The van der Waals surface area contributed by atoms with Crippen LogP contribution in [-0.4, -0.2) is 43.0 Å². The minimum absolute atomic E-state index is 0.120. The van der Waals surface area contributed by atoms with Gasteiger partial charge in [-0.1, -0.05) is 0 Å². The Balaban J connectivity index is 2.29. The monoisotopic (exact) mass is 364 g/mol. The average molecular weight is 364 g/mol. The number of carbonyl (C=O) groups excluding carboxylic acids is 2. The van der Waals surface area contributed by atoms with Crippen LogP contribution in [0.25, 0.3) is 0 Å². The van der Waals surface area contributed by atoms with E-state index in [0.29, 0.717) is 0 Å². The Kier molecular flexibility index (Phi) is 5.38. The third-order valence-corrected chi connectivity index (χ3v) is 3.89. The maximum Gasteiger partial charge on any atom is 0.343 e. The van der Waals surface area contributed by atoms with Gasteiger partial charge in [0.2, 0.25) is 5.91 Å². The number of anilines is 1. The molecule has 2 rings (SSSR count). The van der Waals surface area contributed by atoms with E-state index in [1.54, 1.807) is 20.9 Å². The van der Waals surface area contributed by atoms with E-state index in [9.17, 15) is 19.7 Å². The molecule has 0 aromatic carbocycles. The molecule has 1 N–H and O–H groups in total. The Morgan fingerprint density at radius 2 is 2.08 bits per heavy atom. The molecule has 2 heterocycles. The Morgan fingerprint density at radius 3 is 2.62 bits per heavy atom. The van der Waals surface area contributed by atoms with Crippen LogP contribution >= 0.6 is 0 Å². The second kappa shape index (κ2) is 7.33. The molecule has 1 amide bonds. The molecule has 11 nitrogen and oxygen atoms in total. The fraction of sp³-hybridized carbons (Fsp3) is 0.467. The van der Waals surface area contributed by atoms with E-state index in [-0.39, 0.29) is 35.1 Å². The largest absolute Gasteiger partial charge is 0.462 e. The highest BCUT2D eigenvalue weighted by molar-refractivity contribution is 6.01. The van der Waals surface area contributed by atoms with E-state index in [1.165, 1.54) is 29.4 Å². The number of esters is 1. The van der Waals surface area contributed by atoms with Crippen LogP contribution in [0.4, 0.5) is 11.5 Å². The standard InChI is InChI=1S/C15H20N6O5/c1-6-26-15(23)11-7-16-19(5)13(11)17-14(22)10(4)20-9(3)12(21(24)25)8(2)18-20/h7,10H,6H2,1-5H3,(H,17,22). The molecule has 1 atom stereocenters. The Labute approximate surface area is 149 Å². The Bertz CT molecular complexity index is 868. The van der Waals surface area contributed by atoms with Crippen molar-refractivity contribution in [3.63, 3.8) is 0 Å². The number of hydrogen-bond donors (Lipinski definition) is 1. The molecule has 26 heavy (non-hydrogen) atoms. The van der Waals surface area contributed by atoms with Crippen molar-refractivity contribution in [3.8, 4) is 0 Å². The summed E-state index contributed by atoms with van der Waals surface area (Å²) in [5.41, 5.74) is 0.484. The first-order valence-electron chi connectivity index (χ1n) is 7.89. The first-order chi connectivity index (χ1) is 12.2. The number of amides is 1. The van der Waals surface area contributed by atoms with Crippen molar-refractivity contribution < 1.29 is 19.2 Å². The van der Waals surface area contributed by atoms with Gasteiger partial charge in [-0.3, -0.25) is 24.3 Å². The van der Waals surface area contributed by atoms with Crippen LogP contribution in [0, 0.1) is 24.0 Å². The minimum Gasteiger partial charge on any atom is -0.462 e. The van der Waals surface area contributed by atoms with Crippen molar-refractivity contribution in [2.45, 2.75) is 33.7 Å². The van der Waals surface area contributed by atoms with Crippen molar-refractivity contribution >= 4 is 23.4 Å². The van der Waals surface area contributed by atoms with Crippen LogP contribution in [0.1, 0.15) is 41.6 Å². The molecule has 0 radical (unpaired) electrons. The number of nitrogens with zero attached hydrogens (tertiary/aromatic N) is 5. The molecule has 2 aromatic rings. The summed E-state index contributed by atoms with van der Waals surface area (Å²) < 4.78 is 7.55. The lowest BCUT2D eigenvalue weighted by molar-refractivity contribution is -0.386. The van der Waals surface area contributed by atoms with Gasteiger partial charge in [0.15, 0.2) is 0 Å². The zero-order valence-corrected chi connectivity index (χ0v) is 15.1. The fourth-order valence-corrected chi connectivity index (χ4v) is 2.57. The van der Waals surface area contributed by atoms with Crippen LogP contribution in [0.5, 0.6) is 0 Å². The van der Waals surface area contributed by atoms with E-state index in [0.717, 1.165) is 0 Å². The maximum absolute atomic E-state index is 12.6. The Morgan fingerprint density at radius 1 is 1.42 bits per heavy atom. The summed E-state index contributed by atoms with van der Waals surface area (Å²) in [6.45, 7) is 6.44. The lowest BCUT2D eigenvalue weighted by Gasteiger charge is -2.15. The number of nitrogens with one attached hydrogen (secondary N) is 1. The van der Waals surface area contributed by atoms with Crippen molar-refractivity contribution in [2.75, 3.05) is 11.9 Å². The molecule has 2 aromatic heterocycles. The third-order valence-electron chi connectivity index (χ3n) is 3.89. The number of aryl methyl sites for hydroxylation is 2. The molecule has 0 aliphatic heterocycles. The number of carbonyl (C=O) groups is 2. The van der Waals surface area contributed by atoms with Crippen LogP contribution in [-0.2, 0) is 16.6 Å². The van der Waals surface area contributed by atoms with Gasteiger partial charge in [0, 0.05) is 7.05 Å². The number of ether oxygens (including phenoxy) is 1. The molecule has 0 saturated carbocycles. The minimum atomic E-state index is -0.840. The normalized spacial score (nSPS) is 11.9. The van der Waals surface area contributed by atoms with Crippen LogP contribution in [0.15, 0.2) is 6.20 Å². The van der Waals surface area contributed by atoms with Gasteiger partial charge in [0.05, 0.1) is 17.7 Å². The zero-order chi connectivity index (χ0) is 19.6. The van der Waals surface area contributed by atoms with Crippen molar-refractivity contribution in [2.24, 2.45) is 7.05 Å². The van der Waals surface area contributed by atoms with Crippen LogP contribution < -0.4 is 5.32 Å². The summed E-state index contributed by atoms with van der Waals surface area (Å²) in [4.78, 5) is 35.2. The Hall–Kier alpha value is -3.24. The highest BCUT2D eigenvalue weighted by Crippen LogP contribution is 2.25. The van der Waals surface area contributed by atoms with Gasteiger partial charge in [0.1, 0.15) is 28.8 Å². The van der Waals surface area contributed by atoms with E-state index in [4.69, 9.17) is 4.74 Å². The van der Waals surface area contributed by atoms with Crippen molar-refractivity contribution in [3.05, 3.63) is 33.3 Å². The smallest absolute Gasteiger partial charge is 0.343 e. The molecule has 0 fully saturated rings. The first kappa shape index (κ1) is 19.1. The second-order valence-corrected chi connectivity index (χ2v) is 5.64. The molecular weight excluding hydrogens is 344 g/mol. The van der Waals surface area contributed by atoms with E-state index < -0.39 is 22.8 Å². The van der Waals surface area contributed by atoms with Crippen LogP contribution in [0.3, 0.4) is 0 Å². The van der Waals surface area contributed by atoms with E-state index in [2.05, 4.69) is 15.5 Å². The number of rotatable bonds is 6. The molecular formula is C15H20N6O5. The predicted octanol–water partition coefficient (Wildman–Crippen LogP) is 1.52. The molecule has 0 saturated heterocycles. The molecule has 1 unspecified atom stereocenters. The average Bonchev–Trinajstić information content (AvgIpc) is 3.07. The van der Waals surface area contributed by atoms with Gasteiger partial charge in [-0.25, -0.2) is 4.79 Å². The highest BCUT2D eigenvalue weighted by Gasteiger charge is 2.28. The second-order valence-electron chi connectivity index (χ2n) is 5.64. The van der Waals surface area contributed by atoms with Crippen molar-refractivity contribution in [1.82, 2.24) is 19.6 Å². The summed E-state index contributed by atoms with van der Waals surface area (Å²) in [6, 6.07) is -0.840. The number of nitro groups is 1. The quantitative estimate of drug-likeness (QED) is 0.466. The lowest BCUT2D eigenvalue weighted by atomic mass is 10.2. The lowest BCUT2D eigenvalue weighted by Crippen LogP contribution is -2.27. The van der Waals surface area contributed by atoms with Gasteiger partial charge in [-0.2, -0.15) is 10.2 Å². The molecule has 0 bridgehead atoms. The summed E-state index contributed by atoms with van der Waals surface area (Å²) in [6.07, 6.45) is 1.30. The van der Waals surface area contributed by atoms with Gasteiger partial charge in [0.25, 0.3) is 0 Å². The van der Waals surface area contributed by atoms with Gasteiger partial charge >= 0.3 is 11.7 Å². The van der Waals surface area contributed by atoms with Gasteiger partial charge < -0.3 is 10.1 Å². The summed E-state index contributed by atoms with van der Waals surface area (Å²) in [5, 5.41) is 21.8. The molecule has 0 aliphatic rings. The summed E-state index contributed by atoms with van der Waals surface area (Å²) in [7, 11) is 1.57. The van der Waals surface area contributed by atoms with Crippen LogP contribution in [0.2, 0.25) is 0 Å². The number of hydrogen-bond acceptors (Lipinski definition) is 7. The zero-order valence-electron chi connectivity index (χ0n) is 15.1. The molecule has 0 spiro atoms. The summed E-state index contributed by atoms with van der Waals surface area (Å²) in [5.74, 6) is -0.929. The first-order valence-corrected chi connectivity index (χ1v) is 7.89. The molecule has 11 heteroatoms. The molecule has 0 aliphatic carbocycles. The van der Waals surface area contributed by atoms with Gasteiger partial charge in [-0.15, -0.1) is 0 Å². The molecule has 140 valence electrons. The SMILES string of the molecule is CCOC(=O)c1cnn(C)c1NC(=O)C(C)n1nc(C)c([N+](=O)[O-])c1C. The topological polar surface area (TPSA) is 134 Å². The predicted molar refractivity (Wildman–Crippen MR) is 90.9 cm³/mol. The fourth-order valence-electron chi connectivity index (χ4n) is 2.57. The maximum atomic E-state index is 12.6. The van der Waals surface area contributed by atoms with Crippen molar-refractivity contribution in [1.29, 1.82) is 0 Å². The van der Waals surface area contributed by atoms with Gasteiger partial charge in [-0.05, 0) is 27.7 Å². The third kappa shape index (κ3) is 3.41. The van der Waals surface area contributed by atoms with E-state index >= 15 is 0 Å². The highest BCUT2D eigenvalue weighted by atomic mass is 16.6.